The van der Waals surface area contributed by atoms with Crippen molar-refractivity contribution in [3.05, 3.63) is 0 Å². The van der Waals surface area contributed by atoms with Gasteiger partial charge in [0.15, 0.2) is 0 Å². The van der Waals surface area contributed by atoms with Crippen LogP contribution >= 0.6 is 11.8 Å². The Bertz CT molecular complexity index is 219. The molecule has 0 fully saturated rings. The van der Waals surface area contributed by atoms with Gasteiger partial charge in [-0.25, -0.2) is 0 Å². The number of rotatable bonds is 9. The average Bonchev–Trinajstić information content (AvgIpc) is 2.14. The molecule has 0 aromatic carbocycles. The van der Waals surface area contributed by atoms with E-state index in [2.05, 4.69) is 5.32 Å². The van der Waals surface area contributed by atoms with Crippen molar-refractivity contribution in [2.24, 2.45) is 0 Å². The summed E-state index contributed by atoms with van der Waals surface area (Å²) in [7, 11) is 0. The number of amides is 1. The number of carbonyl (C=O) groups is 2. The lowest BCUT2D eigenvalue weighted by atomic mass is 10.3. The van der Waals surface area contributed by atoms with Crippen LogP contribution in [0.3, 0.4) is 0 Å². The van der Waals surface area contributed by atoms with Gasteiger partial charge < -0.3 is 10.4 Å². The molecule has 0 unspecified atom stereocenters. The lowest BCUT2D eigenvalue weighted by molar-refractivity contribution is -0.137. The summed E-state index contributed by atoms with van der Waals surface area (Å²) in [6, 6.07) is 0.202. The van der Waals surface area contributed by atoms with Crippen molar-refractivity contribution >= 4 is 23.6 Å². The third-order valence-corrected chi connectivity index (χ3v) is 2.92. The fourth-order valence-corrected chi connectivity index (χ4v) is 2.08. The van der Waals surface area contributed by atoms with Crippen LogP contribution in [0.2, 0.25) is 0 Å². The van der Waals surface area contributed by atoms with Crippen LogP contribution in [-0.4, -0.2) is 34.5 Å². The maximum atomic E-state index is 11.2. The molecule has 16 heavy (non-hydrogen) atoms. The summed E-state index contributed by atoms with van der Waals surface area (Å²) in [4.78, 5) is 21.4. The van der Waals surface area contributed by atoms with E-state index in [0.29, 0.717) is 6.42 Å². The Balaban J connectivity index is 3.20. The second kappa shape index (κ2) is 9.51. The van der Waals surface area contributed by atoms with Gasteiger partial charge in [-0.1, -0.05) is 0 Å². The topological polar surface area (TPSA) is 66.4 Å². The van der Waals surface area contributed by atoms with Crippen molar-refractivity contribution in [1.29, 1.82) is 0 Å². The predicted molar refractivity (Wildman–Crippen MR) is 66.7 cm³/mol. The standard InChI is InChI=1S/C11H21NO3S/c1-9(2)12-10(13)6-8-16-7-4-3-5-11(14)15/h9H,3-8H2,1-2H3,(H,12,13)(H,14,15). The van der Waals surface area contributed by atoms with Gasteiger partial charge in [-0.15, -0.1) is 0 Å². The second-order valence-electron chi connectivity index (χ2n) is 3.94. The van der Waals surface area contributed by atoms with Crippen molar-refractivity contribution in [3.8, 4) is 0 Å². The van der Waals surface area contributed by atoms with Crippen LogP contribution < -0.4 is 5.32 Å². The van der Waals surface area contributed by atoms with Crippen LogP contribution in [0.4, 0.5) is 0 Å². The van der Waals surface area contributed by atoms with Crippen LogP contribution in [0.5, 0.6) is 0 Å². The third kappa shape index (κ3) is 11.4. The third-order valence-electron chi connectivity index (χ3n) is 1.85. The molecule has 2 N–H and O–H groups in total. The van der Waals surface area contributed by atoms with Crippen molar-refractivity contribution < 1.29 is 14.7 Å². The first-order chi connectivity index (χ1) is 7.52. The van der Waals surface area contributed by atoms with Crippen molar-refractivity contribution in [2.45, 2.75) is 45.6 Å². The lowest BCUT2D eigenvalue weighted by Crippen LogP contribution is -2.30. The minimum atomic E-state index is -0.735. The number of carboxylic acids is 1. The van der Waals surface area contributed by atoms with Gasteiger partial charge in [0.2, 0.25) is 5.91 Å². The van der Waals surface area contributed by atoms with Crippen molar-refractivity contribution in [1.82, 2.24) is 5.32 Å². The molecule has 0 radical (unpaired) electrons. The summed E-state index contributed by atoms with van der Waals surface area (Å²) in [6.45, 7) is 3.88. The molecule has 0 aromatic heterocycles. The molecule has 0 aliphatic heterocycles. The zero-order valence-corrected chi connectivity index (χ0v) is 10.8. The summed E-state index contributed by atoms with van der Waals surface area (Å²) < 4.78 is 0. The summed E-state index contributed by atoms with van der Waals surface area (Å²) in [6.07, 6.45) is 2.42. The first-order valence-corrected chi connectivity index (χ1v) is 6.76. The van der Waals surface area contributed by atoms with E-state index < -0.39 is 5.97 Å². The van der Waals surface area contributed by atoms with Gasteiger partial charge >= 0.3 is 5.97 Å². The number of aliphatic carboxylic acids is 1. The number of hydrogen-bond acceptors (Lipinski definition) is 3. The van der Waals surface area contributed by atoms with Crippen molar-refractivity contribution in [2.75, 3.05) is 11.5 Å². The Labute approximate surface area is 101 Å². The number of carbonyl (C=O) groups excluding carboxylic acids is 1. The smallest absolute Gasteiger partial charge is 0.303 e. The van der Waals surface area contributed by atoms with Gasteiger partial charge in [-0.3, -0.25) is 9.59 Å². The van der Waals surface area contributed by atoms with Gasteiger partial charge in [-0.05, 0) is 32.4 Å². The first-order valence-electron chi connectivity index (χ1n) is 5.61. The van der Waals surface area contributed by atoms with Crippen LogP contribution in [0, 0.1) is 0 Å². The van der Waals surface area contributed by atoms with Gasteiger partial charge in [-0.2, -0.15) is 11.8 Å². The van der Waals surface area contributed by atoms with E-state index in [1.54, 1.807) is 11.8 Å². The fourth-order valence-electron chi connectivity index (χ4n) is 1.14. The molecule has 0 bridgehead atoms. The summed E-state index contributed by atoms with van der Waals surface area (Å²) >= 11 is 1.71. The van der Waals surface area contributed by atoms with Crippen LogP contribution in [0.15, 0.2) is 0 Å². The Hall–Kier alpha value is -0.710. The van der Waals surface area contributed by atoms with E-state index >= 15 is 0 Å². The molecule has 0 saturated carbocycles. The van der Waals surface area contributed by atoms with Gasteiger partial charge in [0.25, 0.3) is 0 Å². The number of thioether (sulfide) groups is 1. The minimum Gasteiger partial charge on any atom is -0.481 e. The van der Waals surface area contributed by atoms with E-state index in [0.717, 1.165) is 24.3 Å². The zero-order valence-electron chi connectivity index (χ0n) is 9.99. The Kier molecular flexibility index (Phi) is 9.09. The highest BCUT2D eigenvalue weighted by atomic mass is 32.2. The van der Waals surface area contributed by atoms with Gasteiger partial charge in [0.1, 0.15) is 0 Å². The summed E-state index contributed by atoms with van der Waals surface area (Å²) in [5.74, 6) is 1.10. The quantitative estimate of drug-likeness (QED) is 0.611. The van der Waals surface area contributed by atoms with Crippen LogP contribution in [0.25, 0.3) is 0 Å². The Morgan fingerprint density at radius 2 is 1.88 bits per heavy atom. The molecule has 0 heterocycles. The number of nitrogens with one attached hydrogen (secondary N) is 1. The highest BCUT2D eigenvalue weighted by Gasteiger charge is 2.02. The molecule has 5 heteroatoms. The molecule has 1 amide bonds. The predicted octanol–water partition coefficient (Wildman–Crippen LogP) is 1.89. The van der Waals surface area contributed by atoms with Crippen LogP contribution in [-0.2, 0) is 9.59 Å². The highest BCUT2D eigenvalue weighted by Crippen LogP contribution is 2.07. The minimum absolute atomic E-state index is 0.0908. The first kappa shape index (κ1) is 15.3. The fraction of sp³-hybridized carbons (Fsp3) is 0.818. The van der Waals surface area contributed by atoms with E-state index in [-0.39, 0.29) is 18.4 Å². The molecule has 94 valence electrons. The molecular weight excluding hydrogens is 226 g/mol. The Morgan fingerprint density at radius 1 is 1.19 bits per heavy atom. The number of unbranched alkanes of at least 4 members (excludes halogenated alkanes) is 1. The lowest BCUT2D eigenvalue weighted by Gasteiger charge is -2.07. The largest absolute Gasteiger partial charge is 0.481 e. The van der Waals surface area contributed by atoms with Crippen LogP contribution in [0.1, 0.15) is 39.5 Å². The number of hydrogen-bond donors (Lipinski definition) is 2. The van der Waals surface area contributed by atoms with E-state index in [1.807, 2.05) is 13.8 Å². The summed E-state index contributed by atoms with van der Waals surface area (Å²) in [5, 5.41) is 11.2. The van der Waals surface area contributed by atoms with E-state index in [4.69, 9.17) is 5.11 Å². The SMILES string of the molecule is CC(C)NC(=O)CCSCCCCC(=O)O. The maximum Gasteiger partial charge on any atom is 0.303 e. The Morgan fingerprint density at radius 3 is 2.44 bits per heavy atom. The zero-order chi connectivity index (χ0) is 12.4. The molecule has 0 rings (SSSR count). The molecule has 4 nitrogen and oxygen atoms in total. The molecule has 0 spiro atoms. The number of carboxylic acid groups (broad SMARTS) is 1. The molecule has 0 aromatic rings. The molecule has 0 aliphatic rings. The maximum absolute atomic E-state index is 11.2. The van der Waals surface area contributed by atoms with Crippen molar-refractivity contribution in [3.63, 3.8) is 0 Å². The highest BCUT2D eigenvalue weighted by molar-refractivity contribution is 7.99. The van der Waals surface area contributed by atoms with E-state index in [9.17, 15) is 9.59 Å². The molecular formula is C11H21NO3S. The van der Waals surface area contributed by atoms with Gasteiger partial charge in [0.05, 0.1) is 0 Å². The van der Waals surface area contributed by atoms with E-state index in [1.165, 1.54) is 0 Å². The molecule has 0 aliphatic carbocycles. The summed E-state index contributed by atoms with van der Waals surface area (Å²) in [5.41, 5.74) is 0. The molecule has 0 saturated heterocycles. The monoisotopic (exact) mass is 247 g/mol. The van der Waals surface area contributed by atoms with Gasteiger partial charge in [0, 0.05) is 24.6 Å². The second-order valence-corrected chi connectivity index (χ2v) is 5.16. The molecule has 0 atom stereocenters. The average molecular weight is 247 g/mol. The normalized spacial score (nSPS) is 10.4.